The zero-order valence-corrected chi connectivity index (χ0v) is 31.2. The van der Waals surface area contributed by atoms with Crippen molar-refractivity contribution in [2.45, 2.75) is 81.5 Å². The van der Waals surface area contributed by atoms with Crippen LogP contribution in [-0.2, 0) is 41.6 Å². The van der Waals surface area contributed by atoms with E-state index in [0.29, 0.717) is 31.2 Å². The summed E-state index contributed by atoms with van der Waals surface area (Å²) in [7, 11) is 1.69. The molecule has 3 aliphatic heterocycles. The number of hydrogen-bond donors (Lipinski definition) is 1. The zero-order chi connectivity index (χ0) is 38.4. The molecular weight excluding hydrogens is 682 g/mol. The first kappa shape index (κ1) is 38.7. The van der Waals surface area contributed by atoms with Gasteiger partial charge in [-0.25, -0.2) is 0 Å². The van der Waals surface area contributed by atoms with Crippen LogP contribution in [0.3, 0.4) is 0 Å². The Bertz CT molecular complexity index is 1800. The summed E-state index contributed by atoms with van der Waals surface area (Å²) in [5.74, 6) is -3.47. The molecule has 10 nitrogen and oxygen atoms in total. The molecule has 8 atom stereocenters. The Kier molecular flexibility index (Phi) is 12.1. The second-order valence-electron chi connectivity index (χ2n) is 14.7. The topological polar surface area (TPSA) is 117 Å². The Labute approximate surface area is 318 Å². The molecule has 3 aromatic carbocycles. The van der Waals surface area contributed by atoms with Gasteiger partial charge in [-0.1, -0.05) is 103 Å². The normalized spacial score (nSPS) is 24.3. The van der Waals surface area contributed by atoms with Crippen LogP contribution < -0.4 is 0 Å². The predicted molar refractivity (Wildman–Crippen MR) is 204 cm³/mol. The van der Waals surface area contributed by atoms with E-state index in [1.54, 1.807) is 29.0 Å². The number of hydrogen-bond acceptors (Lipinski definition) is 7. The third-order valence-electron chi connectivity index (χ3n) is 11.4. The summed E-state index contributed by atoms with van der Waals surface area (Å²) in [6.45, 7) is 9.57. The van der Waals surface area contributed by atoms with E-state index in [9.17, 15) is 24.3 Å². The van der Waals surface area contributed by atoms with Gasteiger partial charge in [-0.15, -0.1) is 13.2 Å². The highest BCUT2D eigenvalue weighted by Gasteiger charge is 2.75. The molecule has 284 valence electrons. The summed E-state index contributed by atoms with van der Waals surface area (Å²) >= 11 is 0. The van der Waals surface area contributed by atoms with E-state index in [-0.39, 0.29) is 31.3 Å². The SMILES string of the molecule is C=CCCC(=O)N(C)[C@@H](C)[C@@H](OC(=O)[C@@H]1[C@@H]2CC[C@]3(O2)[C@H](C(=O)N(CC=C)Cc2ccccc2)N([C@@H](CO)Cc2ccccc2)C(=O)[C@@H]13)c1ccccc1. The first-order valence-corrected chi connectivity index (χ1v) is 18.9. The van der Waals surface area contributed by atoms with Gasteiger partial charge in [-0.3, -0.25) is 19.2 Å². The molecule has 3 amide bonds. The maximum atomic E-state index is 15.0. The quantitative estimate of drug-likeness (QED) is 0.148. The van der Waals surface area contributed by atoms with Crippen LogP contribution in [0.4, 0.5) is 0 Å². The number of fused-ring (bicyclic) bond motifs is 1. The molecule has 54 heavy (non-hydrogen) atoms. The third-order valence-corrected chi connectivity index (χ3v) is 11.4. The summed E-state index contributed by atoms with van der Waals surface area (Å²) in [5.41, 5.74) is 1.20. The fourth-order valence-corrected chi connectivity index (χ4v) is 8.66. The maximum Gasteiger partial charge on any atom is 0.313 e. The van der Waals surface area contributed by atoms with Gasteiger partial charge in [-0.05, 0) is 49.3 Å². The second-order valence-corrected chi connectivity index (χ2v) is 14.7. The van der Waals surface area contributed by atoms with Crippen molar-refractivity contribution in [3.8, 4) is 0 Å². The van der Waals surface area contributed by atoms with Crippen molar-refractivity contribution in [2.24, 2.45) is 11.8 Å². The van der Waals surface area contributed by atoms with E-state index < -0.39 is 66.3 Å². The zero-order valence-electron chi connectivity index (χ0n) is 31.2. The van der Waals surface area contributed by atoms with Gasteiger partial charge in [0.25, 0.3) is 0 Å². The fraction of sp³-hybridized carbons (Fsp3) is 0.409. The van der Waals surface area contributed by atoms with E-state index in [2.05, 4.69) is 13.2 Å². The number of esters is 1. The summed E-state index contributed by atoms with van der Waals surface area (Å²) in [6.07, 6.45) is 3.79. The van der Waals surface area contributed by atoms with Crippen LogP contribution in [0, 0.1) is 11.8 Å². The number of aliphatic hydroxyl groups is 1. The number of aliphatic hydroxyl groups excluding tert-OH is 1. The van der Waals surface area contributed by atoms with Crippen molar-refractivity contribution < 1.29 is 33.8 Å². The molecule has 3 saturated heterocycles. The number of amides is 3. The van der Waals surface area contributed by atoms with Gasteiger partial charge in [0, 0.05) is 26.6 Å². The van der Waals surface area contributed by atoms with E-state index in [0.717, 1.165) is 11.1 Å². The van der Waals surface area contributed by atoms with Crippen molar-refractivity contribution in [1.82, 2.24) is 14.7 Å². The lowest BCUT2D eigenvalue weighted by molar-refractivity contribution is -0.165. The first-order chi connectivity index (χ1) is 26.1. The average Bonchev–Trinajstić information content (AvgIpc) is 3.85. The number of nitrogens with zero attached hydrogens (tertiary/aromatic N) is 3. The second kappa shape index (κ2) is 17.0. The van der Waals surface area contributed by atoms with Gasteiger partial charge in [0.1, 0.15) is 17.7 Å². The lowest BCUT2D eigenvalue weighted by Gasteiger charge is -2.39. The van der Waals surface area contributed by atoms with Crippen molar-refractivity contribution in [3.63, 3.8) is 0 Å². The molecule has 1 N–H and O–H groups in total. The molecule has 3 aromatic rings. The van der Waals surface area contributed by atoms with Crippen LogP contribution in [0.25, 0.3) is 0 Å². The lowest BCUT2D eigenvalue weighted by atomic mass is 9.70. The predicted octanol–water partition coefficient (Wildman–Crippen LogP) is 5.28. The van der Waals surface area contributed by atoms with Gasteiger partial charge in [0.2, 0.25) is 17.7 Å². The molecule has 10 heteroatoms. The molecule has 0 aliphatic carbocycles. The van der Waals surface area contributed by atoms with E-state index in [1.807, 2.05) is 97.9 Å². The number of likely N-dealkylation sites (tertiary alicyclic amines) is 1. The van der Waals surface area contributed by atoms with Gasteiger partial charge in [0.15, 0.2) is 0 Å². The minimum Gasteiger partial charge on any atom is -0.455 e. The standard InChI is InChI=1S/C44H51N3O7/c1-5-7-23-36(49)45(4)30(3)39(33-21-15-10-16-22-33)53-43(52)37-35-24-25-44(54-35)38(37)41(50)47(34(29-48)27-31-17-11-8-12-18-31)40(44)42(51)46(26-6-2)28-32-19-13-9-14-20-32/h5-6,8-22,30,34-35,37-40,48H,1-2,7,23-29H2,3-4H3/t30-,34+,35-,37+,38+,39+,40-,44+/m0/s1. The van der Waals surface area contributed by atoms with Crippen molar-refractivity contribution in [1.29, 1.82) is 0 Å². The highest BCUT2D eigenvalue weighted by Crippen LogP contribution is 2.59. The van der Waals surface area contributed by atoms with E-state index in [4.69, 9.17) is 9.47 Å². The number of carbonyl (C=O) groups excluding carboxylic acids is 4. The van der Waals surface area contributed by atoms with Gasteiger partial charge in [0.05, 0.1) is 36.6 Å². The number of likely N-dealkylation sites (N-methyl/N-ethyl adjacent to an activating group) is 1. The Balaban J connectivity index is 1.36. The monoisotopic (exact) mass is 733 g/mol. The number of ether oxygens (including phenoxy) is 2. The molecule has 0 radical (unpaired) electrons. The minimum atomic E-state index is -1.31. The molecule has 3 fully saturated rings. The van der Waals surface area contributed by atoms with Crippen molar-refractivity contribution in [2.75, 3.05) is 20.2 Å². The van der Waals surface area contributed by atoms with E-state index in [1.165, 1.54) is 4.90 Å². The number of carbonyl (C=O) groups is 4. The highest BCUT2D eigenvalue weighted by molar-refractivity contribution is 5.98. The Morgan fingerprint density at radius 1 is 0.981 bits per heavy atom. The van der Waals surface area contributed by atoms with Crippen LogP contribution in [-0.4, -0.2) is 93.5 Å². The Morgan fingerprint density at radius 2 is 1.61 bits per heavy atom. The Morgan fingerprint density at radius 3 is 2.22 bits per heavy atom. The minimum absolute atomic E-state index is 0.113. The molecule has 0 saturated carbocycles. The summed E-state index contributed by atoms with van der Waals surface area (Å²) in [4.78, 5) is 62.5. The molecule has 2 bridgehead atoms. The molecule has 1 spiro atoms. The van der Waals surface area contributed by atoms with E-state index >= 15 is 0 Å². The molecule has 3 heterocycles. The Hall–Kier alpha value is -5.06. The summed E-state index contributed by atoms with van der Waals surface area (Å²) in [6, 6.07) is 26.0. The first-order valence-electron chi connectivity index (χ1n) is 18.9. The molecular formula is C44H51N3O7. The van der Waals surface area contributed by atoms with Crippen LogP contribution in [0.5, 0.6) is 0 Å². The van der Waals surface area contributed by atoms with Crippen LogP contribution in [0.1, 0.15) is 55.4 Å². The smallest absolute Gasteiger partial charge is 0.313 e. The van der Waals surface area contributed by atoms with Crippen molar-refractivity contribution >= 4 is 23.7 Å². The van der Waals surface area contributed by atoms with Crippen LogP contribution in [0.15, 0.2) is 116 Å². The van der Waals surface area contributed by atoms with Crippen molar-refractivity contribution in [3.05, 3.63) is 133 Å². The fourth-order valence-electron chi connectivity index (χ4n) is 8.66. The van der Waals surface area contributed by atoms with Gasteiger partial charge < -0.3 is 29.3 Å². The van der Waals surface area contributed by atoms with Gasteiger partial charge in [-0.2, -0.15) is 0 Å². The average molecular weight is 734 g/mol. The van der Waals surface area contributed by atoms with Gasteiger partial charge >= 0.3 is 5.97 Å². The molecule has 0 unspecified atom stereocenters. The molecule has 0 aromatic heterocycles. The summed E-state index contributed by atoms with van der Waals surface area (Å²) < 4.78 is 13.1. The highest BCUT2D eigenvalue weighted by atomic mass is 16.6. The maximum absolute atomic E-state index is 15.0. The van der Waals surface area contributed by atoms with Crippen LogP contribution in [0.2, 0.25) is 0 Å². The number of rotatable bonds is 17. The largest absolute Gasteiger partial charge is 0.455 e. The molecule has 6 rings (SSSR count). The van der Waals surface area contributed by atoms with Crippen LogP contribution >= 0.6 is 0 Å². The summed E-state index contributed by atoms with van der Waals surface area (Å²) in [5, 5.41) is 10.9. The third kappa shape index (κ3) is 7.50. The number of benzene rings is 3. The number of allylic oxidation sites excluding steroid dienone is 1. The lowest BCUT2D eigenvalue weighted by Crippen LogP contribution is -2.59. The molecule has 3 aliphatic rings.